The Morgan fingerprint density at radius 3 is 1.80 bits per heavy atom. The molecule has 0 saturated heterocycles. The zero-order chi connectivity index (χ0) is 29.7. The van der Waals surface area contributed by atoms with Crippen LogP contribution in [0.4, 0.5) is 5.69 Å². The Morgan fingerprint density at radius 1 is 0.854 bits per heavy atom. The van der Waals surface area contributed by atoms with E-state index in [0.717, 1.165) is 19.7 Å². The maximum Gasteiger partial charge on any atom is 0.327 e. The summed E-state index contributed by atoms with van der Waals surface area (Å²) < 4.78 is 53.0. The average Bonchev–Trinajstić information content (AvgIpc) is 3.44. The molecule has 0 aliphatic heterocycles. The van der Waals surface area contributed by atoms with Crippen LogP contribution in [0.2, 0.25) is 0 Å². The highest BCUT2D eigenvalue weighted by atomic mass is 79.9. The van der Waals surface area contributed by atoms with E-state index >= 15 is 0 Å². The van der Waals surface area contributed by atoms with Crippen LogP contribution >= 0.6 is 15.9 Å². The van der Waals surface area contributed by atoms with Gasteiger partial charge >= 0.3 is 5.69 Å². The van der Waals surface area contributed by atoms with E-state index in [0.29, 0.717) is 39.8 Å². The molecule has 12 nitrogen and oxygen atoms in total. The first-order valence-electron chi connectivity index (χ1n) is 12.0. The predicted octanol–water partition coefficient (Wildman–Crippen LogP) is 4.97. The molecule has 216 valence electrons. The Kier molecular flexibility index (Phi) is 9.15. The molecule has 3 aromatic carbocycles. The third-order valence-corrected chi connectivity index (χ3v) is 8.46. The van der Waals surface area contributed by atoms with E-state index in [1.165, 1.54) is 28.4 Å². The molecule has 4 rings (SSSR count). The van der Waals surface area contributed by atoms with E-state index in [-0.39, 0.29) is 13.1 Å². The largest absolute Gasteiger partial charge is 0.497 e. The van der Waals surface area contributed by atoms with Gasteiger partial charge in [0, 0.05) is 40.8 Å². The Morgan fingerprint density at radius 2 is 1.37 bits per heavy atom. The minimum absolute atomic E-state index is 0.201. The first-order chi connectivity index (χ1) is 19.6. The predicted molar refractivity (Wildman–Crippen MR) is 153 cm³/mol. The van der Waals surface area contributed by atoms with Gasteiger partial charge in [0.15, 0.2) is 0 Å². The first kappa shape index (κ1) is 29.8. The number of hydrogen-bond acceptors (Lipinski definition) is 9. The number of methoxy groups -OCH3 is 4. The van der Waals surface area contributed by atoms with E-state index in [9.17, 15) is 18.5 Å². The Labute approximate surface area is 245 Å². The summed E-state index contributed by atoms with van der Waals surface area (Å²) in [5.41, 5.74) is 0.776. The van der Waals surface area contributed by atoms with Crippen molar-refractivity contribution in [2.75, 3.05) is 28.4 Å². The van der Waals surface area contributed by atoms with Crippen LogP contribution in [0.1, 0.15) is 11.1 Å². The molecule has 14 heteroatoms. The van der Waals surface area contributed by atoms with Crippen molar-refractivity contribution in [3.05, 3.63) is 92.6 Å². The van der Waals surface area contributed by atoms with Crippen LogP contribution in [0.15, 0.2) is 76.4 Å². The van der Waals surface area contributed by atoms with Gasteiger partial charge in [0.2, 0.25) is 0 Å². The van der Waals surface area contributed by atoms with Crippen molar-refractivity contribution in [2.45, 2.75) is 18.1 Å². The highest BCUT2D eigenvalue weighted by Crippen LogP contribution is 2.34. The molecule has 41 heavy (non-hydrogen) atoms. The van der Waals surface area contributed by atoms with E-state index < -0.39 is 25.7 Å². The van der Waals surface area contributed by atoms with E-state index in [1.807, 2.05) is 0 Å². The van der Waals surface area contributed by atoms with Crippen LogP contribution in [0, 0.1) is 10.1 Å². The summed E-state index contributed by atoms with van der Waals surface area (Å²) in [6.45, 7) is -0.403. The molecule has 0 aliphatic rings. The van der Waals surface area contributed by atoms with Crippen LogP contribution in [-0.2, 0) is 23.1 Å². The summed E-state index contributed by atoms with van der Waals surface area (Å²) in [6.07, 6.45) is 1.08. The molecular weight excluding hydrogens is 620 g/mol. The Bertz CT molecular complexity index is 1600. The van der Waals surface area contributed by atoms with Crippen LogP contribution in [0.25, 0.3) is 5.69 Å². The topological polar surface area (TPSA) is 135 Å². The van der Waals surface area contributed by atoms with Crippen molar-refractivity contribution in [3.8, 4) is 28.7 Å². The number of nitrogens with zero attached hydrogens (tertiary/aromatic N) is 4. The molecule has 0 radical (unpaired) electrons. The van der Waals surface area contributed by atoms with Crippen molar-refractivity contribution in [1.82, 2.24) is 14.1 Å². The second kappa shape index (κ2) is 12.6. The smallest absolute Gasteiger partial charge is 0.327 e. The lowest BCUT2D eigenvalue weighted by atomic mass is 10.1. The number of benzene rings is 3. The van der Waals surface area contributed by atoms with Crippen molar-refractivity contribution in [3.63, 3.8) is 0 Å². The second-order valence-corrected chi connectivity index (χ2v) is 11.4. The van der Waals surface area contributed by atoms with Gasteiger partial charge in [-0.2, -0.15) is 4.31 Å². The minimum atomic E-state index is -4.57. The van der Waals surface area contributed by atoms with Crippen molar-refractivity contribution in [1.29, 1.82) is 0 Å². The van der Waals surface area contributed by atoms with E-state index in [1.54, 1.807) is 60.7 Å². The molecule has 1 heterocycles. The highest BCUT2D eigenvalue weighted by molar-refractivity contribution is 9.10. The second-order valence-electron chi connectivity index (χ2n) is 8.63. The molecule has 0 aliphatic carbocycles. The molecule has 0 fully saturated rings. The Hall–Kier alpha value is -4.14. The average molecular weight is 648 g/mol. The maximum atomic E-state index is 14.2. The number of halogens is 1. The van der Waals surface area contributed by atoms with Gasteiger partial charge in [-0.25, -0.2) is 13.1 Å². The van der Waals surface area contributed by atoms with Crippen molar-refractivity contribution in [2.24, 2.45) is 0 Å². The lowest BCUT2D eigenvalue weighted by Gasteiger charge is -2.23. The molecule has 0 N–H and O–H groups in total. The zero-order valence-corrected chi connectivity index (χ0v) is 25.0. The quantitative estimate of drug-likeness (QED) is 0.154. The molecule has 1 aromatic heterocycles. The highest BCUT2D eigenvalue weighted by Gasteiger charge is 2.37. The van der Waals surface area contributed by atoms with Crippen molar-refractivity contribution >= 4 is 31.6 Å². The van der Waals surface area contributed by atoms with Gasteiger partial charge in [0.05, 0.1) is 39.0 Å². The number of ether oxygens (including phenoxy) is 4. The van der Waals surface area contributed by atoms with Crippen LogP contribution in [0.3, 0.4) is 0 Å². The molecule has 0 spiro atoms. The fourth-order valence-electron chi connectivity index (χ4n) is 4.08. The van der Waals surface area contributed by atoms with Gasteiger partial charge in [-0.1, -0.05) is 28.1 Å². The minimum Gasteiger partial charge on any atom is -0.497 e. The monoisotopic (exact) mass is 646 g/mol. The fourth-order valence-corrected chi connectivity index (χ4v) is 5.79. The number of nitro groups is 1. The van der Waals surface area contributed by atoms with Gasteiger partial charge in [-0.15, -0.1) is 5.10 Å². The molecule has 0 bridgehead atoms. The van der Waals surface area contributed by atoms with Crippen molar-refractivity contribution < 1.29 is 32.3 Å². The van der Waals surface area contributed by atoms with Crippen LogP contribution < -0.4 is 18.9 Å². The molecule has 4 aromatic rings. The summed E-state index contributed by atoms with van der Waals surface area (Å²) in [5, 5.41) is 15.5. The summed E-state index contributed by atoms with van der Waals surface area (Å²) in [4.78, 5) is 11.3. The SMILES string of the molecule is COc1ccc(CN(Cc2ccc(OC)cc2OC)S(=O)(=O)c2nn(-c3ccc(Br)cc3)cc2[N+](=O)[O-])c(OC)c1. The fraction of sp³-hybridized carbons (Fsp3) is 0.222. The number of sulfonamides is 1. The molecular formula is C27H27BrN4O8S. The van der Waals surface area contributed by atoms with E-state index in [2.05, 4.69) is 21.0 Å². The van der Waals surface area contributed by atoms with Gasteiger partial charge in [-0.3, -0.25) is 10.1 Å². The lowest BCUT2D eigenvalue weighted by Crippen LogP contribution is -2.31. The summed E-state index contributed by atoms with van der Waals surface area (Å²) in [5.74, 6) is 1.78. The summed E-state index contributed by atoms with van der Waals surface area (Å²) in [7, 11) is 1.34. The zero-order valence-electron chi connectivity index (χ0n) is 22.6. The first-order valence-corrected chi connectivity index (χ1v) is 14.3. The molecule has 0 amide bonds. The van der Waals surface area contributed by atoms with Gasteiger partial charge in [0.25, 0.3) is 15.0 Å². The van der Waals surface area contributed by atoms with Crippen LogP contribution in [0.5, 0.6) is 23.0 Å². The third kappa shape index (κ3) is 6.45. The van der Waals surface area contributed by atoms with E-state index in [4.69, 9.17) is 18.9 Å². The molecule has 0 unspecified atom stereocenters. The molecule has 0 saturated carbocycles. The number of aromatic nitrogens is 2. The molecule has 0 atom stereocenters. The van der Waals surface area contributed by atoms with Gasteiger partial charge in [0.1, 0.15) is 29.2 Å². The maximum absolute atomic E-state index is 14.2. The number of hydrogen-bond donors (Lipinski definition) is 0. The number of rotatable bonds is 12. The lowest BCUT2D eigenvalue weighted by molar-refractivity contribution is -0.388. The third-order valence-electron chi connectivity index (χ3n) is 6.22. The van der Waals surface area contributed by atoms with Gasteiger partial charge < -0.3 is 18.9 Å². The van der Waals surface area contributed by atoms with Gasteiger partial charge in [-0.05, 0) is 36.4 Å². The standard InChI is InChI=1S/C27H27BrN4O8S/c1-37-22-11-5-18(25(13-22)39-3)15-30(16-19-6-12-23(38-2)14-26(19)40-4)41(35,36)27-24(32(33)34)17-31(29-27)21-9-7-20(28)8-10-21/h5-14,17H,15-16H2,1-4H3. The Balaban J connectivity index is 1.85. The summed E-state index contributed by atoms with van der Waals surface area (Å²) >= 11 is 3.34. The van der Waals surface area contributed by atoms with Crippen LogP contribution in [-0.4, -0.2) is 55.9 Å². The normalized spacial score (nSPS) is 11.4. The summed E-state index contributed by atoms with van der Waals surface area (Å²) in [6, 6.07) is 16.7.